The van der Waals surface area contributed by atoms with Crippen molar-refractivity contribution < 1.29 is 0 Å². The standard InChI is InChI=1S/C15H25N3/c1-3-18(15-9-5-7-13(15)10-16)11-14-8-4-6-12(2)17-14/h4,6,8,13,15H,3,5,7,9-11,16H2,1-2H3. The van der Waals surface area contributed by atoms with E-state index in [2.05, 4.69) is 41.9 Å². The summed E-state index contributed by atoms with van der Waals surface area (Å²) in [5.74, 6) is 0.676. The molecule has 1 aliphatic carbocycles. The Labute approximate surface area is 110 Å². The second kappa shape index (κ2) is 6.30. The van der Waals surface area contributed by atoms with E-state index in [1.54, 1.807) is 0 Å². The van der Waals surface area contributed by atoms with Gasteiger partial charge in [0.25, 0.3) is 0 Å². The van der Waals surface area contributed by atoms with Crippen LogP contribution >= 0.6 is 0 Å². The van der Waals surface area contributed by atoms with Crippen molar-refractivity contribution in [1.82, 2.24) is 9.88 Å². The number of hydrogen-bond acceptors (Lipinski definition) is 3. The maximum atomic E-state index is 5.89. The molecule has 2 atom stereocenters. The lowest BCUT2D eigenvalue weighted by molar-refractivity contribution is 0.160. The smallest absolute Gasteiger partial charge is 0.0547 e. The molecule has 18 heavy (non-hydrogen) atoms. The Balaban J connectivity index is 2.05. The first-order valence-electron chi connectivity index (χ1n) is 7.11. The zero-order chi connectivity index (χ0) is 13.0. The lowest BCUT2D eigenvalue weighted by Gasteiger charge is -2.31. The third-order valence-corrected chi connectivity index (χ3v) is 4.11. The average molecular weight is 247 g/mol. The van der Waals surface area contributed by atoms with E-state index in [1.807, 2.05) is 0 Å². The fourth-order valence-corrected chi connectivity index (χ4v) is 3.13. The van der Waals surface area contributed by atoms with Crippen molar-refractivity contribution in [1.29, 1.82) is 0 Å². The second-order valence-electron chi connectivity index (χ2n) is 5.33. The minimum Gasteiger partial charge on any atom is -0.330 e. The summed E-state index contributed by atoms with van der Waals surface area (Å²) in [5, 5.41) is 0. The van der Waals surface area contributed by atoms with Crippen LogP contribution in [0.3, 0.4) is 0 Å². The molecule has 0 radical (unpaired) electrons. The van der Waals surface area contributed by atoms with Crippen LogP contribution in [0.15, 0.2) is 18.2 Å². The van der Waals surface area contributed by atoms with Crippen LogP contribution in [0.5, 0.6) is 0 Å². The molecule has 3 nitrogen and oxygen atoms in total. The highest BCUT2D eigenvalue weighted by Gasteiger charge is 2.30. The Morgan fingerprint density at radius 2 is 2.22 bits per heavy atom. The Hall–Kier alpha value is -0.930. The van der Waals surface area contributed by atoms with Crippen molar-refractivity contribution in [3.8, 4) is 0 Å². The Bertz CT molecular complexity index is 378. The van der Waals surface area contributed by atoms with Crippen LogP contribution in [-0.4, -0.2) is 29.0 Å². The van der Waals surface area contributed by atoms with E-state index in [9.17, 15) is 0 Å². The Morgan fingerprint density at radius 1 is 1.39 bits per heavy atom. The van der Waals surface area contributed by atoms with Crippen molar-refractivity contribution in [3.05, 3.63) is 29.6 Å². The largest absolute Gasteiger partial charge is 0.330 e. The molecule has 1 heterocycles. The molecular formula is C15H25N3. The molecule has 1 aromatic rings. The van der Waals surface area contributed by atoms with Crippen LogP contribution in [0.25, 0.3) is 0 Å². The molecule has 1 aliphatic rings. The van der Waals surface area contributed by atoms with E-state index in [4.69, 9.17) is 5.73 Å². The minimum atomic E-state index is 0.655. The lowest BCUT2D eigenvalue weighted by Crippen LogP contribution is -2.40. The highest BCUT2D eigenvalue weighted by Crippen LogP contribution is 2.29. The highest BCUT2D eigenvalue weighted by molar-refractivity contribution is 5.10. The van der Waals surface area contributed by atoms with Crippen molar-refractivity contribution in [2.45, 2.75) is 45.7 Å². The topological polar surface area (TPSA) is 42.2 Å². The van der Waals surface area contributed by atoms with E-state index in [-0.39, 0.29) is 0 Å². The van der Waals surface area contributed by atoms with Crippen LogP contribution < -0.4 is 5.73 Å². The van der Waals surface area contributed by atoms with E-state index in [0.29, 0.717) is 12.0 Å². The van der Waals surface area contributed by atoms with Gasteiger partial charge in [-0.25, -0.2) is 0 Å². The molecule has 0 aromatic carbocycles. The normalized spacial score (nSPS) is 23.8. The molecule has 0 bridgehead atoms. The predicted octanol–water partition coefficient (Wildman–Crippen LogP) is 2.34. The van der Waals surface area contributed by atoms with Crippen LogP contribution in [0.2, 0.25) is 0 Å². The highest BCUT2D eigenvalue weighted by atomic mass is 15.2. The molecule has 100 valence electrons. The summed E-state index contributed by atoms with van der Waals surface area (Å²) in [4.78, 5) is 7.16. The fraction of sp³-hybridized carbons (Fsp3) is 0.667. The molecule has 0 amide bonds. The van der Waals surface area contributed by atoms with E-state index in [1.165, 1.54) is 25.0 Å². The van der Waals surface area contributed by atoms with Gasteiger partial charge in [-0.05, 0) is 50.9 Å². The van der Waals surface area contributed by atoms with E-state index >= 15 is 0 Å². The number of rotatable bonds is 5. The van der Waals surface area contributed by atoms with Gasteiger partial charge in [-0.3, -0.25) is 9.88 Å². The summed E-state index contributed by atoms with van der Waals surface area (Å²) < 4.78 is 0. The van der Waals surface area contributed by atoms with Crippen molar-refractivity contribution in [3.63, 3.8) is 0 Å². The third kappa shape index (κ3) is 3.09. The Kier molecular flexibility index (Phi) is 4.72. The summed E-state index contributed by atoms with van der Waals surface area (Å²) in [6.07, 6.45) is 3.91. The number of aromatic nitrogens is 1. The number of nitrogens with zero attached hydrogens (tertiary/aromatic N) is 2. The number of aryl methyl sites for hydroxylation is 1. The number of pyridine rings is 1. The van der Waals surface area contributed by atoms with Crippen LogP contribution in [0.1, 0.15) is 37.6 Å². The van der Waals surface area contributed by atoms with Gasteiger partial charge >= 0.3 is 0 Å². The zero-order valence-corrected chi connectivity index (χ0v) is 11.6. The monoisotopic (exact) mass is 247 g/mol. The minimum absolute atomic E-state index is 0.655. The first-order chi connectivity index (χ1) is 8.74. The van der Waals surface area contributed by atoms with Crippen LogP contribution in [0.4, 0.5) is 0 Å². The first-order valence-corrected chi connectivity index (χ1v) is 7.11. The number of nitrogens with two attached hydrogens (primary N) is 1. The SMILES string of the molecule is CCN(Cc1cccc(C)n1)C1CCCC1CN. The van der Waals surface area contributed by atoms with Crippen molar-refractivity contribution in [2.24, 2.45) is 11.7 Å². The zero-order valence-electron chi connectivity index (χ0n) is 11.6. The summed E-state index contributed by atoms with van der Waals surface area (Å²) in [7, 11) is 0. The van der Waals surface area contributed by atoms with E-state index < -0.39 is 0 Å². The molecule has 0 aliphatic heterocycles. The molecule has 0 spiro atoms. The average Bonchev–Trinajstić information content (AvgIpc) is 2.84. The molecule has 0 saturated heterocycles. The van der Waals surface area contributed by atoms with Gasteiger partial charge in [-0.15, -0.1) is 0 Å². The molecular weight excluding hydrogens is 222 g/mol. The maximum Gasteiger partial charge on any atom is 0.0547 e. The fourth-order valence-electron chi connectivity index (χ4n) is 3.13. The number of hydrogen-bond donors (Lipinski definition) is 1. The predicted molar refractivity (Wildman–Crippen MR) is 75.2 cm³/mol. The molecule has 2 N–H and O–H groups in total. The molecule has 1 fully saturated rings. The van der Waals surface area contributed by atoms with Crippen molar-refractivity contribution >= 4 is 0 Å². The summed E-state index contributed by atoms with van der Waals surface area (Å²) in [6, 6.07) is 6.93. The molecule has 1 aromatic heterocycles. The summed E-state index contributed by atoms with van der Waals surface area (Å²) >= 11 is 0. The van der Waals surface area contributed by atoms with Crippen molar-refractivity contribution in [2.75, 3.05) is 13.1 Å². The van der Waals surface area contributed by atoms with Gasteiger partial charge in [0.05, 0.1) is 5.69 Å². The van der Waals surface area contributed by atoms with Gasteiger partial charge in [0.15, 0.2) is 0 Å². The van der Waals surface area contributed by atoms with Crippen LogP contribution in [-0.2, 0) is 6.54 Å². The first kappa shape index (κ1) is 13.5. The second-order valence-corrected chi connectivity index (χ2v) is 5.33. The summed E-state index contributed by atoms with van der Waals surface area (Å²) in [5.41, 5.74) is 8.17. The lowest BCUT2D eigenvalue weighted by atomic mass is 10.0. The Morgan fingerprint density at radius 3 is 2.89 bits per heavy atom. The van der Waals surface area contributed by atoms with Gasteiger partial charge in [0, 0.05) is 18.3 Å². The molecule has 2 unspecified atom stereocenters. The molecule has 3 heteroatoms. The van der Waals surface area contributed by atoms with Gasteiger partial charge in [0.2, 0.25) is 0 Å². The van der Waals surface area contributed by atoms with Gasteiger partial charge < -0.3 is 5.73 Å². The molecule has 1 saturated carbocycles. The quantitative estimate of drug-likeness (QED) is 0.868. The summed E-state index contributed by atoms with van der Waals surface area (Å²) in [6.45, 7) is 7.15. The third-order valence-electron chi connectivity index (χ3n) is 4.11. The molecule has 2 rings (SSSR count). The van der Waals surface area contributed by atoms with Crippen LogP contribution in [0, 0.1) is 12.8 Å². The van der Waals surface area contributed by atoms with Gasteiger partial charge in [0.1, 0.15) is 0 Å². The van der Waals surface area contributed by atoms with Gasteiger partial charge in [-0.1, -0.05) is 19.4 Å². The van der Waals surface area contributed by atoms with E-state index in [0.717, 1.165) is 25.3 Å². The maximum absolute atomic E-state index is 5.89. The van der Waals surface area contributed by atoms with Gasteiger partial charge in [-0.2, -0.15) is 0 Å².